The fourth-order valence-electron chi connectivity index (χ4n) is 2.15. The topological polar surface area (TPSA) is 48.0 Å². The van der Waals surface area contributed by atoms with Crippen LogP contribution in [-0.4, -0.2) is 24.1 Å². The molecule has 0 N–H and O–H groups in total. The summed E-state index contributed by atoms with van der Waals surface area (Å²) in [6.45, 7) is 0. The molecule has 0 fully saturated rings. The van der Waals surface area contributed by atoms with Crippen LogP contribution >= 0.6 is 0 Å². The van der Waals surface area contributed by atoms with Gasteiger partial charge in [0.1, 0.15) is 0 Å². The van der Waals surface area contributed by atoms with Crippen molar-refractivity contribution in [2.45, 2.75) is 0 Å². The molecule has 0 atom stereocenters. The van der Waals surface area contributed by atoms with Gasteiger partial charge in [-0.2, -0.15) is 0 Å². The van der Waals surface area contributed by atoms with E-state index in [9.17, 15) is 0 Å². The molecule has 0 aliphatic heterocycles. The minimum Gasteiger partial charge on any atom is -0.306 e. The van der Waals surface area contributed by atoms with Crippen molar-refractivity contribution in [3.63, 3.8) is 0 Å². The third-order valence-electron chi connectivity index (χ3n) is 3.17. The lowest BCUT2D eigenvalue weighted by Gasteiger charge is -2.02. The number of fused-ring (bicyclic) bond motifs is 1. The van der Waals surface area contributed by atoms with Crippen LogP contribution in [0.5, 0.6) is 0 Å². The van der Waals surface area contributed by atoms with Gasteiger partial charge >= 0.3 is 0 Å². The Kier molecular flexibility index (Phi) is 2.35. The molecule has 0 spiro atoms. The van der Waals surface area contributed by atoms with Crippen molar-refractivity contribution in [2.75, 3.05) is 0 Å². The summed E-state index contributed by atoms with van der Waals surface area (Å²) < 4.78 is 3.74. The molecule has 5 nitrogen and oxygen atoms in total. The van der Waals surface area contributed by atoms with Gasteiger partial charge in [-0.3, -0.25) is 0 Å². The van der Waals surface area contributed by atoms with Crippen LogP contribution in [0.25, 0.3) is 22.7 Å². The summed E-state index contributed by atoms with van der Waals surface area (Å²) in [6.07, 6.45) is 7.35. The Morgan fingerprint density at radius 2 is 1.80 bits per heavy atom. The maximum absolute atomic E-state index is 4.51. The highest BCUT2D eigenvalue weighted by Crippen LogP contribution is 2.18. The average molecular weight is 261 g/mol. The summed E-state index contributed by atoms with van der Waals surface area (Å²) >= 11 is 0. The largest absolute Gasteiger partial charge is 0.306 e. The minimum absolute atomic E-state index is 0.730. The summed E-state index contributed by atoms with van der Waals surface area (Å²) in [4.78, 5) is 8.55. The van der Waals surface area contributed by atoms with Gasteiger partial charge in [-0.25, -0.2) is 14.5 Å². The third-order valence-corrected chi connectivity index (χ3v) is 3.17. The van der Waals surface area contributed by atoms with E-state index in [2.05, 4.69) is 15.1 Å². The normalized spacial score (nSPS) is 11.0. The first kappa shape index (κ1) is 10.9. The van der Waals surface area contributed by atoms with Gasteiger partial charge < -0.3 is 4.57 Å². The summed E-state index contributed by atoms with van der Waals surface area (Å²) in [5.41, 5.74) is 2.91. The highest BCUT2D eigenvalue weighted by atomic mass is 15.3. The van der Waals surface area contributed by atoms with Crippen molar-refractivity contribution >= 4 is 5.65 Å². The zero-order chi connectivity index (χ0) is 13.4. The van der Waals surface area contributed by atoms with Crippen molar-refractivity contribution < 1.29 is 0 Å². The lowest BCUT2D eigenvalue weighted by Crippen LogP contribution is -1.90. The van der Waals surface area contributed by atoms with Crippen LogP contribution in [0.3, 0.4) is 0 Å². The van der Waals surface area contributed by atoms with Crippen LogP contribution in [-0.2, 0) is 0 Å². The first-order chi connectivity index (χ1) is 9.90. The van der Waals surface area contributed by atoms with Gasteiger partial charge in [0.15, 0.2) is 11.5 Å². The Balaban J connectivity index is 1.75. The van der Waals surface area contributed by atoms with E-state index >= 15 is 0 Å². The molecule has 0 bridgehead atoms. The van der Waals surface area contributed by atoms with Gasteiger partial charge in [0.05, 0.1) is 6.33 Å². The van der Waals surface area contributed by atoms with E-state index < -0.39 is 0 Å². The Morgan fingerprint density at radius 1 is 0.900 bits per heavy atom. The number of pyridine rings is 1. The van der Waals surface area contributed by atoms with E-state index in [4.69, 9.17) is 0 Å². The molecule has 0 amide bonds. The molecule has 0 aliphatic carbocycles. The number of nitrogens with zero attached hydrogens (tertiary/aromatic N) is 5. The van der Waals surface area contributed by atoms with Crippen LogP contribution < -0.4 is 0 Å². The molecular formula is C15H11N5. The molecule has 1 aromatic carbocycles. The van der Waals surface area contributed by atoms with Crippen molar-refractivity contribution in [3.8, 4) is 17.1 Å². The highest BCUT2D eigenvalue weighted by molar-refractivity contribution is 5.59. The first-order valence-electron chi connectivity index (χ1n) is 6.30. The third kappa shape index (κ3) is 1.76. The lowest BCUT2D eigenvalue weighted by atomic mass is 10.2. The Hall–Kier alpha value is -2.95. The van der Waals surface area contributed by atoms with Gasteiger partial charge in [0.25, 0.3) is 0 Å². The summed E-state index contributed by atoms with van der Waals surface area (Å²) in [5, 5.41) is 4.46. The fraction of sp³-hybridized carbons (Fsp3) is 0. The van der Waals surface area contributed by atoms with E-state index in [1.165, 1.54) is 0 Å². The molecule has 0 aliphatic rings. The maximum atomic E-state index is 4.51. The van der Waals surface area contributed by atoms with Crippen LogP contribution in [0.1, 0.15) is 0 Å². The fourth-order valence-corrected chi connectivity index (χ4v) is 2.15. The lowest BCUT2D eigenvalue weighted by molar-refractivity contribution is 0.965. The van der Waals surface area contributed by atoms with Crippen molar-refractivity contribution in [2.24, 2.45) is 0 Å². The van der Waals surface area contributed by atoms with E-state index in [0.717, 1.165) is 22.7 Å². The second-order valence-corrected chi connectivity index (χ2v) is 4.46. The number of hydrogen-bond donors (Lipinski definition) is 0. The molecular weight excluding hydrogens is 250 g/mol. The van der Waals surface area contributed by atoms with Gasteiger partial charge in [0.2, 0.25) is 0 Å². The number of imidazole rings is 1. The smallest absolute Gasteiger partial charge is 0.182 e. The molecule has 4 rings (SSSR count). The molecule has 3 aromatic heterocycles. The van der Waals surface area contributed by atoms with E-state index in [1.54, 1.807) is 17.0 Å². The summed E-state index contributed by atoms with van der Waals surface area (Å²) in [7, 11) is 0. The molecule has 0 saturated carbocycles. The second kappa shape index (κ2) is 4.31. The van der Waals surface area contributed by atoms with E-state index in [0.29, 0.717) is 0 Å². The van der Waals surface area contributed by atoms with Crippen molar-refractivity contribution in [1.29, 1.82) is 0 Å². The first-order valence-corrected chi connectivity index (χ1v) is 6.30. The molecule has 0 unspecified atom stereocenters. The predicted octanol–water partition coefficient (Wildman–Crippen LogP) is 2.58. The second-order valence-electron chi connectivity index (χ2n) is 4.46. The van der Waals surface area contributed by atoms with Gasteiger partial charge in [-0.15, -0.1) is 5.10 Å². The highest BCUT2D eigenvalue weighted by Gasteiger charge is 2.05. The predicted molar refractivity (Wildman–Crippen MR) is 75.5 cm³/mol. The Labute approximate surface area is 115 Å². The van der Waals surface area contributed by atoms with Crippen molar-refractivity contribution in [1.82, 2.24) is 24.1 Å². The molecule has 4 aromatic rings. The molecule has 0 radical (unpaired) electrons. The molecule has 96 valence electrons. The zero-order valence-electron chi connectivity index (χ0n) is 10.6. The van der Waals surface area contributed by atoms with Crippen molar-refractivity contribution in [3.05, 3.63) is 67.4 Å². The maximum Gasteiger partial charge on any atom is 0.182 e. The quantitative estimate of drug-likeness (QED) is 0.557. The molecule has 3 heterocycles. The minimum atomic E-state index is 0.730. The van der Waals surface area contributed by atoms with E-state index in [-0.39, 0.29) is 0 Å². The van der Waals surface area contributed by atoms with Gasteiger partial charge in [0, 0.05) is 29.8 Å². The number of aromatic nitrogens is 5. The van der Waals surface area contributed by atoms with Crippen LogP contribution in [0.2, 0.25) is 0 Å². The van der Waals surface area contributed by atoms with Gasteiger partial charge in [-0.1, -0.05) is 6.07 Å². The number of hydrogen-bond acceptors (Lipinski definition) is 3. The van der Waals surface area contributed by atoms with Crippen LogP contribution in [0.4, 0.5) is 0 Å². The molecule has 5 heteroatoms. The number of rotatable bonds is 2. The number of benzene rings is 1. The molecule has 0 saturated heterocycles. The summed E-state index contributed by atoms with van der Waals surface area (Å²) in [6, 6.07) is 13.9. The van der Waals surface area contributed by atoms with Gasteiger partial charge in [-0.05, 0) is 36.4 Å². The van der Waals surface area contributed by atoms with Crippen LogP contribution in [0, 0.1) is 0 Å². The SMILES string of the molecule is c1ccn2nc(-c3ccc(-n4ccnc4)cc3)nc2c1. The average Bonchev–Trinajstić information content (AvgIpc) is 3.17. The monoisotopic (exact) mass is 261 g/mol. The Bertz CT molecular complexity index is 811. The standard InChI is InChI=1S/C15H11N5/c1-2-9-20-14(3-1)17-15(18-20)12-4-6-13(7-5-12)19-10-8-16-11-19/h1-11H. The van der Waals surface area contributed by atoms with E-state index in [1.807, 2.05) is 59.4 Å². The summed E-state index contributed by atoms with van der Waals surface area (Å²) in [5.74, 6) is 0.730. The Morgan fingerprint density at radius 3 is 2.55 bits per heavy atom. The molecule has 20 heavy (non-hydrogen) atoms. The zero-order valence-corrected chi connectivity index (χ0v) is 10.6. The van der Waals surface area contributed by atoms with Crippen LogP contribution in [0.15, 0.2) is 67.4 Å².